The topological polar surface area (TPSA) is 81.7 Å². The molecule has 0 unspecified atom stereocenters. The third-order valence-corrected chi connectivity index (χ3v) is 3.56. The summed E-state index contributed by atoms with van der Waals surface area (Å²) < 4.78 is 10.5. The van der Waals surface area contributed by atoms with Crippen LogP contribution in [0.2, 0.25) is 0 Å². The summed E-state index contributed by atoms with van der Waals surface area (Å²) in [5, 5.41) is 2.61. The van der Waals surface area contributed by atoms with Gasteiger partial charge < -0.3 is 14.8 Å². The molecule has 1 atom stereocenters. The summed E-state index contributed by atoms with van der Waals surface area (Å²) >= 11 is 0. The van der Waals surface area contributed by atoms with Gasteiger partial charge in [-0.05, 0) is 38.1 Å². The minimum atomic E-state index is -0.987. The summed E-state index contributed by atoms with van der Waals surface area (Å²) in [4.78, 5) is 35.6. The fraction of sp³-hybridized carbons (Fsp3) is 0.250. The second-order valence-electron chi connectivity index (χ2n) is 5.63. The highest BCUT2D eigenvalue weighted by atomic mass is 16.5. The van der Waals surface area contributed by atoms with Crippen LogP contribution in [0.4, 0.5) is 5.69 Å². The molecule has 0 bridgehead atoms. The zero-order valence-corrected chi connectivity index (χ0v) is 14.7. The lowest BCUT2D eigenvalue weighted by molar-refractivity contribution is -0.153. The van der Waals surface area contributed by atoms with Crippen molar-refractivity contribution in [3.63, 3.8) is 0 Å². The Balaban J connectivity index is 1.81. The van der Waals surface area contributed by atoms with Crippen LogP contribution in [0, 0.1) is 0 Å². The first-order valence-electron chi connectivity index (χ1n) is 8.25. The van der Waals surface area contributed by atoms with Crippen molar-refractivity contribution in [3.05, 3.63) is 60.2 Å². The van der Waals surface area contributed by atoms with Gasteiger partial charge in [0, 0.05) is 5.56 Å². The van der Waals surface area contributed by atoms with Crippen molar-refractivity contribution in [1.82, 2.24) is 0 Å². The quantitative estimate of drug-likeness (QED) is 0.581. The SMILES string of the molecule is CC(=O)c1ccccc1NC(=O)[C@H](C)OC(=O)CCOc1ccccc1. The molecular weight excluding hydrogens is 334 g/mol. The predicted octanol–water partition coefficient (Wildman–Crippen LogP) is 3.23. The molecule has 6 nitrogen and oxygen atoms in total. The van der Waals surface area contributed by atoms with Crippen molar-refractivity contribution < 1.29 is 23.9 Å². The van der Waals surface area contributed by atoms with Gasteiger partial charge in [-0.25, -0.2) is 0 Å². The van der Waals surface area contributed by atoms with E-state index in [2.05, 4.69) is 5.32 Å². The van der Waals surface area contributed by atoms with E-state index >= 15 is 0 Å². The fourth-order valence-electron chi connectivity index (χ4n) is 2.21. The van der Waals surface area contributed by atoms with E-state index < -0.39 is 18.0 Å². The number of hydrogen-bond donors (Lipinski definition) is 1. The molecule has 136 valence electrons. The van der Waals surface area contributed by atoms with E-state index in [-0.39, 0.29) is 18.8 Å². The Morgan fingerprint density at radius 3 is 2.35 bits per heavy atom. The molecule has 6 heteroatoms. The molecule has 26 heavy (non-hydrogen) atoms. The van der Waals surface area contributed by atoms with Crippen molar-refractivity contribution in [2.45, 2.75) is 26.4 Å². The average Bonchev–Trinajstić information content (AvgIpc) is 2.62. The Bertz CT molecular complexity index is 773. The Kier molecular flexibility index (Phi) is 6.91. The average molecular weight is 355 g/mol. The van der Waals surface area contributed by atoms with Crippen LogP contribution >= 0.6 is 0 Å². The number of anilines is 1. The second kappa shape index (κ2) is 9.36. The van der Waals surface area contributed by atoms with Crippen molar-refractivity contribution in [1.29, 1.82) is 0 Å². The number of hydrogen-bond acceptors (Lipinski definition) is 5. The molecule has 0 saturated heterocycles. The smallest absolute Gasteiger partial charge is 0.310 e. The molecule has 1 N–H and O–H groups in total. The van der Waals surface area contributed by atoms with E-state index in [0.717, 1.165) is 0 Å². The van der Waals surface area contributed by atoms with Crippen LogP contribution in [0.3, 0.4) is 0 Å². The molecule has 0 aliphatic carbocycles. The van der Waals surface area contributed by atoms with Gasteiger partial charge in [-0.2, -0.15) is 0 Å². The van der Waals surface area contributed by atoms with E-state index in [1.54, 1.807) is 36.4 Å². The third-order valence-electron chi connectivity index (χ3n) is 3.56. The number of carbonyl (C=O) groups is 3. The highest BCUT2D eigenvalue weighted by Gasteiger charge is 2.19. The van der Waals surface area contributed by atoms with Gasteiger partial charge in [0.05, 0.1) is 18.7 Å². The summed E-state index contributed by atoms with van der Waals surface area (Å²) in [7, 11) is 0. The number of ether oxygens (including phenoxy) is 2. The molecule has 0 aliphatic heterocycles. The van der Waals surface area contributed by atoms with Crippen molar-refractivity contribution in [2.75, 3.05) is 11.9 Å². The van der Waals surface area contributed by atoms with Gasteiger partial charge >= 0.3 is 5.97 Å². The molecule has 0 saturated carbocycles. The van der Waals surface area contributed by atoms with E-state index in [1.165, 1.54) is 13.8 Å². The van der Waals surface area contributed by atoms with Crippen LogP contribution in [0.25, 0.3) is 0 Å². The Morgan fingerprint density at radius 1 is 1.00 bits per heavy atom. The molecule has 1 amide bonds. The largest absolute Gasteiger partial charge is 0.493 e. The number of Topliss-reactive ketones (excluding diaryl/α,β-unsaturated/α-hetero) is 1. The van der Waals surface area contributed by atoms with Crippen LogP contribution in [-0.2, 0) is 14.3 Å². The zero-order chi connectivity index (χ0) is 18.9. The maximum absolute atomic E-state index is 12.2. The van der Waals surface area contributed by atoms with Crippen LogP contribution in [0.15, 0.2) is 54.6 Å². The van der Waals surface area contributed by atoms with Crippen molar-refractivity contribution in [2.24, 2.45) is 0 Å². The number of para-hydroxylation sites is 2. The van der Waals surface area contributed by atoms with Gasteiger partial charge in [-0.1, -0.05) is 30.3 Å². The van der Waals surface area contributed by atoms with Crippen molar-refractivity contribution >= 4 is 23.3 Å². The van der Waals surface area contributed by atoms with Crippen LogP contribution in [0.5, 0.6) is 5.75 Å². The van der Waals surface area contributed by atoms with Gasteiger partial charge in [-0.15, -0.1) is 0 Å². The highest BCUT2D eigenvalue weighted by Crippen LogP contribution is 2.16. The minimum absolute atomic E-state index is 0.0244. The lowest BCUT2D eigenvalue weighted by Gasteiger charge is -2.15. The lowest BCUT2D eigenvalue weighted by Crippen LogP contribution is -2.30. The number of benzene rings is 2. The lowest BCUT2D eigenvalue weighted by atomic mass is 10.1. The third kappa shape index (κ3) is 5.73. The van der Waals surface area contributed by atoms with Gasteiger partial charge in [0.25, 0.3) is 5.91 Å². The van der Waals surface area contributed by atoms with Gasteiger partial charge in [0.2, 0.25) is 0 Å². The standard InChI is InChI=1S/C20H21NO5/c1-14(22)17-10-6-7-11-18(17)21-20(24)15(2)26-19(23)12-13-25-16-8-4-3-5-9-16/h3-11,15H,12-13H2,1-2H3,(H,21,24)/t15-/m0/s1. The molecule has 2 aromatic carbocycles. The minimum Gasteiger partial charge on any atom is -0.493 e. The number of carbonyl (C=O) groups excluding carboxylic acids is 3. The molecule has 0 fully saturated rings. The van der Waals surface area contributed by atoms with Crippen LogP contribution in [-0.4, -0.2) is 30.4 Å². The second-order valence-corrected chi connectivity index (χ2v) is 5.63. The van der Waals surface area contributed by atoms with Gasteiger partial charge in [0.1, 0.15) is 5.75 Å². The molecule has 0 aliphatic rings. The van der Waals surface area contributed by atoms with E-state index in [1.807, 2.05) is 18.2 Å². The Hall–Kier alpha value is -3.15. The molecule has 0 heterocycles. The number of ketones is 1. The number of esters is 1. The number of nitrogens with one attached hydrogen (secondary N) is 1. The first kappa shape index (κ1) is 19.2. The molecule has 0 aromatic heterocycles. The zero-order valence-electron chi connectivity index (χ0n) is 14.7. The van der Waals surface area contributed by atoms with Gasteiger partial charge in [0.15, 0.2) is 11.9 Å². The predicted molar refractivity (Wildman–Crippen MR) is 97.2 cm³/mol. The Labute approximate surface area is 152 Å². The van der Waals surface area contributed by atoms with E-state index in [9.17, 15) is 14.4 Å². The molecule has 2 aromatic rings. The maximum Gasteiger partial charge on any atom is 0.310 e. The first-order valence-corrected chi connectivity index (χ1v) is 8.25. The summed E-state index contributed by atoms with van der Waals surface area (Å²) in [6, 6.07) is 15.8. The summed E-state index contributed by atoms with van der Waals surface area (Å²) in [5.41, 5.74) is 0.788. The molecule has 2 rings (SSSR count). The van der Waals surface area contributed by atoms with E-state index in [0.29, 0.717) is 17.0 Å². The number of amides is 1. The normalized spacial score (nSPS) is 11.3. The fourth-order valence-corrected chi connectivity index (χ4v) is 2.21. The summed E-state index contributed by atoms with van der Waals surface area (Å²) in [6.07, 6.45) is -0.962. The first-order chi connectivity index (χ1) is 12.5. The highest BCUT2D eigenvalue weighted by molar-refractivity contribution is 6.04. The molecule has 0 spiro atoms. The van der Waals surface area contributed by atoms with Crippen LogP contribution < -0.4 is 10.1 Å². The number of rotatable bonds is 8. The van der Waals surface area contributed by atoms with E-state index in [4.69, 9.17) is 9.47 Å². The van der Waals surface area contributed by atoms with Crippen LogP contribution in [0.1, 0.15) is 30.6 Å². The van der Waals surface area contributed by atoms with Crippen molar-refractivity contribution in [3.8, 4) is 5.75 Å². The summed E-state index contributed by atoms with van der Waals surface area (Å²) in [6.45, 7) is 3.05. The Morgan fingerprint density at radius 2 is 1.65 bits per heavy atom. The van der Waals surface area contributed by atoms with Gasteiger partial charge in [-0.3, -0.25) is 14.4 Å². The molecule has 0 radical (unpaired) electrons. The molecular formula is C20H21NO5. The summed E-state index contributed by atoms with van der Waals surface area (Å²) in [5.74, 6) is -0.546. The maximum atomic E-state index is 12.2. The monoisotopic (exact) mass is 355 g/mol.